The van der Waals surface area contributed by atoms with Crippen LogP contribution in [0, 0.1) is 17.2 Å². The highest BCUT2D eigenvalue weighted by molar-refractivity contribution is 5.91. The Labute approximate surface area is 192 Å². The Bertz CT molecular complexity index is 1270. The highest BCUT2D eigenvalue weighted by atomic mass is 19.4. The van der Waals surface area contributed by atoms with Gasteiger partial charge in [0.15, 0.2) is 5.82 Å². The van der Waals surface area contributed by atoms with Gasteiger partial charge >= 0.3 is 6.36 Å². The molecule has 8 nitrogen and oxygen atoms in total. The summed E-state index contributed by atoms with van der Waals surface area (Å²) in [6.07, 6.45) is 0.450. The van der Waals surface area contributed by atoms with E-state index in [1.807, 2.05) is 0 Å². The molecule has 3 aromatic rings. The van der Waals surface area contributed by atoms with Crippen molar-refractivity contribution in [3.8, 4) is 11.8 Å². The first-order valence-electron chi connectivity index (χ1n) is 11.2. The van der Waals surface area contributed by atoms with Crippen LogP contribution >= 0.6 is 0 Å². The maximum absolute atomic E-state index is 12.7. The van der Waals surface area contributed by atoms with E-state index in [0.29, 0.717) is 22.6 Å². The Balaban J connectivity index is 1.44. The van der Waals surface area contributed by atoms with Gasteiger partial charge in [0.25, 0.3) is 5.56 Å². The van der Waals surface area contributed by atoms with Crippen LogP contribution in [0.5, 0.6) is 5.75 Å². The zero-order valence-corrected chi connectivity index (χ0v) is 18.2. The van der Waals surface area contributed by atoms with Crippen molar-refractivity contribution < 1.29 is 17.9 Å². The molecule has 0 spiro atoms. The fourth-order valence-electron chi connectivity index (χ4n) is 4.92. The lowest BCUT2D eigenvalue weighted by Crippen LogP contribution is -2.48. The predicted molar refractivity (Wildman–Crippen MR) is 119 cm³/mol. The molecule has 178 valence electrons. The number of nitriles is 1. The van der Waals surface area contributed by atoms with Gasteiger partial charge in [-0.3, -0.25) is 9.48 Å². The van der Waals surface area contributed by atoms with Gasteiger partial charge in [0, 0.05) is 17.9 Å². The van der Waals surface area contributed by atoms with E-state index in [2.05, 4.69) is 31.1 Å². The molecule has 2 aliphatic rings. The molecule has 1 saturated carbocycles. The van der Waals surface area contributed by atoms with Crippen molar-refractivity contribution >= 4 is 22.4 Å². The summed E-state index contributed by atoms with van der Waals surface area (Å²) in [5, 5.41) is 17.9. The number of anilines is 2. The molecule has 2 N–H and O–H groups in total. The maximum Gasteiger partial charge on any atom is 0.573 e. The van der Waals surface area contributed by atoms with Crippen molar-refractivity contribution in [2.45, 2.75) is 44.1 Å². The number of halogens is 3. The van der Waals surface area contributed by atoms with Gasteiger partial charge in [-0.25, -0.2) is 0 Å². The van der Waals surface area contributed by atoms with E-state index < -0.39 is 6.36 Å². The van der Waals surface area contributed by atoms with Gasteiger partial charge in [-0.1, -0.05) is 0 Å². The molecule has 34 heavy (non-hydrogen) atoms. The number of ether oxygens (including phenoxy) is 1. The van der Waals surface area contributed by atoms with E-state index in [0.717, 1.165) is 32.4 Å². The Hall–Kier alpha value is -3.52. The van der Waals surface area contributed by atoms with Gasteiger partial charge in [0.1, 0.15) is 11.1 Å². The maximum atomic E-state index is 12.7. The molecule has 0 unspecified atom stereocenters. The Morgan fingerprint density at radius 1 is 1.18 bits per heavy atom. The first-order chi connectivity index (χ1) is 16.3. The number of hydrogen-bond acceptors (Lipinski definition) is 6. The number of alkyl halides is 3. The van der Waals surface area contributed by atoms with Crippen molar-refractivity contribution in [2.75, 3.05) is 18.4 Å². The summed E-state index contributed by atoms with van der Waals surface area (Å²) < 4.78 is 42.9. The van der Waals surface area contributed by atoms with Crippen molar-refractivity contribution in [1.82, 2.24) is 19.7 Å². The zero-order valence-electron chi connectivity index (χ0n) is 18.2. The number of pyridine rings is 1. The van der Waals surface area contributed by atoms with Crippen LogP contribution in [-0.2, 0) is 0 Å². The van der Waals surface area contributed by atoms with E-state index in [4.69, 9.17) is 0 Å². The van der Waals surface area contributed by atoms with E-state index >= 15 is 0 Å². The minimum absolute atomic E-state index is 0.176. The van der Waals surface area contributed by atoms with E-state index in [9.17, 15) is 23.2 Å². The average molecular weight is 472 g/mol. The van der Waals surface area contributed by atoms with E-state index in [1.54, 1.807) is 16.9 Å². The van der Waals surface area contributed by atoms with Crippen molar-refractivity contribution in [2.24, 2.45) is 5.92 Å². The molecule has 3 atom stereocenters. The molecule has 2 fully saturated rings. The summed E-state index contributed by atoms with van der Waals surface area (Å²) >= 11 is 0. The number of hydrogen-bond donors (Lipinski definition) is 2. The molecule has 1 saturated heterocycles. The summed E-state index contributed by atoms with van der Waals surface area (Å²) in [4.78, 5) is 17.7. The number of fused-ring (bicyclic) bond motifs is 1. The smallest absolute Gasteiger partial charge is 0.406 e. The standard InChI is InChI=1S/C23H23F3N6O2/c24-23(25,26)34-17-5-2-15(3-6-17)29-21-20-19(8-9-28-22(20)33)32(30-21)18-7-4-16(12-14(18)13-27)31-10-1-11-31/h2-3,5-6,8-9,14,16,18H,1,4,7,10-12H2,(H,28,33)(H,29,30)/t14-,16+,18+/m1/s1. The second kappa shape index (κ2) is 8.68. The quantitative estimate of drug-likeness (QED) is 0.574. The van der Waals surface area contributed by atoms with Crippen molar-refractivity contribution in [3.05, 3.63) is 46.9 Å². The highest BCUT2D eigenvalue weighted by Gasteiger charge is 2.37. The first-order valence-corrected chi connectivity index (χ1v) is 11.2. The van der Waals surface area contributed by atoms with Gasteiger partial charge in [0.2, 0.25) is 0 Å². The monoisotopic (exact) mass is 472 g/mol. The average Bonchev–Trinajstić information content (AvgIpc) is 3.12. The van der Waals surface area contributed by atoms with E-state index in [1.165, 1.54) is 30.7 Å². The number of aromatic amines is 1. The summed E-state index contributed by atoms with van der Waals surface area (Å²) in [7, 11) is 0. The fourth-order valence-corrected chi connectivity index (χ4v) is 4.92. The normalized spacial score (nSPS) is 23.3. The van der Waals surface area contributed by atoms with Crippen LogP contribution in [0.4, 0.5) is 24.7 Å². The molecule has 1 aliphatic carbocycles. The topological polar surface area (TPSA) is 99.0 Å². The predicted octanol–water partition coefficient (Wildman–Crippen LogP) is 4.31. The number of benzene rings is 1. The summed E-state index contributed by atoms with van der Waals surface area (Å²) in [6, 6.07) is 9.62. The third-order valence-electron chi connectivity index (χ3n) is 6.65. The zero-order chi connectivity index (χ0) is 23.9. The molecule has 1 aliphatic heterocycles. The van der Waals surface area contributed by atoms with Gasteiger partial charge in [-0.05, 0) is 69.1 Å². The number of rotatable bonds is 5. The van der Waals surface area contributed by atoms with E-state index in [-0.39, 0.29) is 29.1 Å². The van der Waals surface area contributed by atoms with Crippen LogP contribution in [0.15, 0.2) is 41.3 Å². The molecule has 0 bridgehead atoms. The molecular weight excluding hydrogens is 449 g/mol. The van der Waals surface area contributed by atoms with Crippen LogP contribution in [-0.4, -0.2) is 45.2 Å². The lowest BCUT2D eigenvalue weighted by Gasteiger charge is -2.43. The Kier molecular flexibility index (Phi) is 5.69. The number of nitrogens with zero attached hydrogens (tertiary/aromatic N) is 4. The number of H-pyrrole nitrogens is 1. The van der Waals surface area contributed by atoms with Crippen LogP contribution in [0.3, 0.4) is 0 Å². The third-order valence-corrected chi connectivity index (χ3v) is 6.65. The number of nitrogens with one attached hydrogen (secondary N) is 2. The van der Waals surface area contributed by atoms with Gasteiger partial charge in [0.05, 0.1) is 23.5 Å². The minimum atomic E-state index is -4.77. The van der Waals surface area contributed by atoms with Crippen molar-refractivity contribution in [3.63, 3.8) is 0 Å². The SMILES string of the molecule is N#C[C@H]1C[C@@H](N2CCC2)CC[C@@H]1n1nc(Nc2ccc(OC(F)(F)F)cc2)c2c(=O)[nH]ccc21. The Morgan fingerprint density at radius 3 is 2.59 bits per heavy atom. The molecule has 1 aromatic carbocycles. The van der Waals surface area contributed by atoms with Crippen LogP contribution < -0.4 is 15.6 Å². The highest BCUT2D eigenvalue weighted by Crippen LogP contribution is 2.39. The largest absolute Gasteiger partial charge is 0.573 e. The molecule has 5 rings (SSSR count). The molecular formula is C23H23F3N6O2. The summed E-state index contributed by atoms with van der Waals surface area (Å²) in [6.45, 7) is 2.16. The summed E-state index contributed by atoms with van der Waals surface area (Å²) in [5.41, 5.74) is 0.713. The molecule has 2 aromatic heterocycles. The van der Waals surface area contributed by atoms with Gasteiger partial charge < -0.3 is 19.9 Å². The number of likely N-dealkylation sites (tertiary alicyclic amines) is 1. The molecule has 0 amide bonds. The molecule has 11 heteroatoms. The van der Waals surface area contributed by atoms with Crippen LogP contribution in [0.2, 0.25) is 0 Å². The lowest BCUT2D eigenvalue weighted by molar-refractivity contribution is -0.274. The molecule has 0 radical (unpaired) electrons. The Morgan fingerprint density at radius 2 is 1.94 bits per heavy atom. The van der Waals surface area contributed by atoms with Crippen LogP contribution in [0.1, 0.15) is 31.7 Å². The summed E-state index contributed by atoms with van der Waals surface area (Å²) in [5.74, 6) is -0.307. The second-order valence-corrected chi connectivity index (χ2v) is 8.72. The lowest BCUT2D eigenvalue weighted by atomic mass is 9.81. The third kappa shape index (κ3) is 4.33. The second-order valence-electron chi connectivity index (χ2n) is 8.72. The van der Waals surface area contributed by atoms with Gasteiger partial charge in [-0.2, -0.15) is 10.4 Å². The fraction of sp³-hybridized carbons (Fsp3) is 0.435. The van der Waals surface area contributed by atoms with Crippen molar-refractivity contribution in [1.29, 1.82) is 5.26 Å². The first kappa shape index (κ1) is 22.3. The minimum Gasteiger partial charge on any atom is -0.406 e. The van der Waals surface area contributed by atoms with Gasteiger partial charge in [-0.15, -0.1) is 13.2 Å². The number of aromatic nitrogens is 3. The molecule has 3 heterocycles. The van der Waals surface area contributed by atoms with Crippen LogP contribution in [0.25, 0.3) is 10.9 Å².